The Hall–Kier alpha value is -2.24. The van der Waals surface area contributed by atoms with Gasteiger partial charge in [-0.15, -0.1) is 0 Å². The molecule has 1 saturated carbocycles. The molecule has 0 spiro atoms. The highest BCUT2D eigenvalue weighted by atomic mass is 16.6. The summed E-state index contributed by atoms with van der Waals surface area (Å²) in [6, 6.07) is 5.97. The molecule has 0 amide bonds. The second-order valence-corrected chi connectivity index (χ2v) is 6.44. The van der Waals surface area contributed by atoms with Gasteiger partial charge >= 0.3 is 5.97 Å². The molecule has 0 radical (unpaired) electrons. The summed E-state index contributed by atoms with van der Waals surface area (Å²) in [6.07, 6.45) is 1.04. The van der Waals surface area contributed by atoms with Crippen molar-refractivity contribution in [1.29, 1.82) is 0 Å². The van der Waals surface area contributed by atoms with Crippen molar-refractivity contribution >= 4 is 17.4 Å². The minimum Gasteiger partial charge on any atom is -0.462 e. The molecule has 6 heteroatoms. The lowest BCUT2D eigenvalue weighted by atomic mass is 9.78. The normalized spacial score (nSPS) is 24.0. The predicted molar refractivity (Wildman–Crippen MR) is 83.9 cm³/mol. The van der Waals surface area contributed by atoms with Crippen molar-refractivity contribution in [3.8, 4) is 0 Å². The van der Waals surface area contributed by atoms with Gasteiger partial charge in [0.1, 0.15) is 5.41 Å². The van der Waals surface area contributed by atoms with Crippen LogP contribution in [0.3, 0.4) is 0 Å². The number of hydrogen-bond acceptors (Lipinski definition) is 5. The summed E-state index contributed by atoms with van der Waals surface area (Å²) in [5.41, 5.74) is -0.461. The number of carbonyl (C=O) groups is 2. The standard InChI is InChI=1S/C17H21NO5/c1-11(2)23-16(20)17(9-8-12(3)15(17)19)10-13-4-6-14(7-5-13)18(21)22/h4-7,11-12H,8-10H2,1-3H3. The summed E-state index contributed by atoms with van der Waals surface area (Å²) < 4.78 is 5.32. The van der Waals surface area contributed by atoms with Gasteiger partial charge in [-0.1, -0.05) is 19.1 Å². The maximum atomic E-state index is 12.6. The second kappa shape index (κ2) is 6.48. The van der Waals surface area contributed by atoms with Crippen LogP contribution >= 0.6 is 0 Å². The predicted octanol–water partition coefficient (Wildman–Crippen LogP) is 3.07. The number of nitro groups is 1. The van der Waals surface area contributed by atoms with Gasteiger partial charge in [-0.2, -0.15) is 0 Å². The minimum absolute atomic E-state index is 0.0151. The van der Waals surface area contributed by atoms with Crippen LogP contribution in [-0.4, -0.2) is 22.8 Å². The molecule has 0 aromatic heterocycles. The Morgan fingerprint density at radius 3 is 2.43 bits per heavy atom. The molecule has 0 saturated heterocycles. The zero-order valence-electron chi connectivity index (χ0n) is 13.6. The number of nitro benzene ring substituents is 1. The Labute approximate surface area is 135 Å². The Morgan fingerprint density at radius 1 is 1.39 bits per heavy atom. The number of carbonyl (C=O) groups excluding carboxylic acids is 2. The van der Waals surface area contributed by atoms with Crippen molar-refractivity contribution < 1.29 is 19.2 Å². The van der Waals surface area contributed by atoms with Gasteiger partial charge in [-0.25, -0.2) is 0 Å². The van der Waals surface area contributed by atoms with Gasteiger partial charge in [0.05, 0.1) is 11.0 Å². The molecule has 2 rings (SSSR count). The summed E-state index contributed by atoms with van der Waals surface area (Å²) >= 11 is 0. The minimum atomic E-state index is -1.17. The highest BCUT2D eigenvalue weighted by Crippen LogP contribution is 2.42. The van der Waals surface area contributed by atoms with Crippen LogP contribution in [0.5, 0.6) is 0 Å². The maximum absolute atomic E-state index is 12.6. The number of nitrogens with zero attached hydrogens (tertiary/aromatic N) is 1. The largest absolute Gasteiger partial charge is 0.462 e. The molecule has 0 heterocycles. The van der Waals surface area contributed by atoms with Crippen LogP contribution in [-0.2, 0) is 20.7 Å². The number of esters is 1. The van der Waals surface area contributed by atoms with Crippen molar-refractivity contribution in [2.45, 2.75) is 46.1 Å². The van der Waals surface area contributed by atoms with Gasteiger partial charge in [0.15, 0.2) is 5.78 Å². The van der Waals surface area contributed by atoms with E-state index in [0.717, 1.165) is 5.56 Å². The molecule has 0 N–H and O–H groups in total. The van der Waals surface area contributed by atoms with Crippen LogP contribution < -0.4 is 0 Å². The number of rotatable bonds is 5. The fourth-order valence-electron chi connectivity index (χ4n) is 3.05. The summed E-state index contributed by atoms with van der Waals surface area (Å²) in [7, 11) is 0. The molecule has 23 heavy (non-hydrogen) atoms. The first-order chi connectivity index (χ1) is 10.8. The lowest BCUT2D eigenvalue weighted by Gasteiger charge is -2.27. The van der Waals surface area contributed by atoms with E-state index in [2.05, 4.69) is 0 Å². The van der Waals surface area contributed by atoms with Gasteiger partial charge < -0.3 is 4.74 Å². The number of non-ortho nitro benzene ring substituents is 1. The van der Waals surface area contributed by atoms with E-state index < -0.39 is 16.3 Å². The van der Waals surface area contributed by atoms with Gasteiger partial charge in [-0.05, 0) is 38.7 Å². The molecule has 2 atom stereocenters. The summed E-state index contributed by atoms with van der Waals surface area (Å²) in [6.45, 7) is 5.32. The Kier molecular flexibility index (Phi) is 4.82. The van der Waals surface area contributed by atoms with Gasteiger partial charge in [0, 0.05) is 18.1 Å². The van der Waals surface area contributed by atoms with Crippen LogP contribution in [0.15, 0.2) is 24.3 Å². The zero-order valence-corrected chi connectivity index (χ0v) is 13.6. The van der Waals surface area contributed by atoms with Gasteiger partial charge in [0.25, 0.3) is 5.69 Å². The first-order valence-corrected chi connectivity index (χ1v) is 7.75. The molecular formula is C17H21NO5. The van der Waals surface area contributed by atoms with Gasteiger partial charge in [0.2, 0.25) is 0 Å². The van der Waals surface area contributed by atoms with Crippen LogP contribution in [0.1, 0.15) is 39.2 Å². The molecule has 1 aromatic carbocycles. The Balaban J connectivity index is 2.30. The molecule has 6 nitrogen and oxygen atoms in total. The van der Waals surface area contributed by atoms with Crippen molar-refractivity contribution in [1.82, 2.24) is 0 Å². The monoisotopic (exact) mass is 319 g/mol. The Morgan fingerprint density at radius 2 is 2.00 bits per heavy atom. The zero-order chi connectivity index (χ0) is 17.2. The fourth-order valence-corrected chi connectivity index (χ4v) is 3.05. The van der Waals surface area contributed by atoms with E-state index in [9.17, 15) is 19.7 Å². The average Bonchev–Trinajstić information content (AvgIpc) is 2.77. The molecule has 0 aliphatic heterocycles. The molecule has 1 aliphatic rings. The third-order valence-corrected chi connectivity index (χ3v) is 4.31. The van der Waals surface area contributed by atoms with E-state index in [1.165, 1.54) is 12.1 Å². The van der Waals surface area contributed by atoms with Crippen molar-refractivity contribution in [2.75, 3.05) is 0 Å². The number of ether oxygens (including phenoxy) is 1. The van der Waals surface area contributed by atoms with Crippen LogP contribution in [0.4, 0.5) is 5.69 Å². The summed E-state index contributed by atoms with van der Waals surface area (Å²) in [5, 5.41) is 10.7. The van der Waals surface area contributed by atoms with E-state index in [1.807, 2.05) is 6.92 Å². The van der Waals surface area contributed by atoms with Crippen molar-refractivity contribution in [3.05, 3.63) is 39.9 Å². The molecule has 2 unspecified atom stereocenters. The van der Waals surface area contributed by atoms with Crippen molar-refractivity contribution in [3.63, 3.8) is 0 Å². The maximum Gasteiger partial charge on any atom is 0.320 e. The molecule has 124 valence electrons. The molecule has 1 fully saturated rings. The highest BCUT2D eigenvalue weighted by molar-refractivity contribution is 6.06. The van der Waals surface area contributed by atoms with E-state index >= 15 is 0 Å². The topological polar surface area (TPSA) is 86.5 Å². The number of hydrogen-bond donors (Lipinski definition) is 0. The lowest BCUT2D eigenvalue weighted by Crippen LogP contribution is -2.41. The smallest absolute Gasteiger partial charge is 0.320 e. The van der Waals surface area contributed by atoms with E-state index in [0.29, 0.717) is 12.8 Å². The summed E-state index contributed by atoms with van der Waals surface area (Å²) in [4.78, 5) is 35.4. The Bertz CT molecular complexity index is 622. The number of benzene rings is 1. The molecule has 0 bridgehead atoms. The first kappa shape index (κ1) is 17.1. The van der Waals surface area contributed by atoms with E-state index in [4.69, 9.17) is 4.74 Å². The van der Waals surface area contributed by atoms with Gasteiger partial charge in [-0.3, -0.25) is 19.7 Å². The third-order valence-electron chi connectivity index (χ3n) is 4.31. The number of ketones is 1. The molecular weight excluding hydrogens is 298 g/mol. The van der Waals surface area contributed by atoms with E-state index in [1.54, 1.807) is 26.0 Å². The number of Topliss-reactive ketones (excluding diaryl/α,β-unsaturated/α-hetero) is 1. The molecule has 1 aromatic rings. The highest BCUT2D eigenvalue weighted by Gasteiger charge is 2.53. The van der Waals surface area contributed by atoms with E-state index in [-0.39, 0.29) is 29.9 Å². The van der Waals surface area contributed by atoms with Crippen molar-refractivity contribution in [2.24, 2.45) is 11.3 Å². The van der Waals surface area contributed by atoms with Crippen LogP contribution in [0, 0.1) is 21.4 Å². The molecule has 1 aliphatic carbocycles. The third kappa shape index (κ3) is 3.41. The summed E-state index contributed by atoms with van der Waals surface area (Å²) in [5.74, 6) is -0.755. The quantitative estimate of drug-likeness (QED) is 0.360. The first-order valence-electron chi connectivity index (χ1n) is 7.75. The second-order valence-electron chi connectivity index (χ2n) is 6.44. The van der Waals surface area contributed by atoms with Crippen LogP contribution in [0.2, 0.25) is 0 Å². The lowest BCUT2D eigenvalue weighted by molar-refractivity contribution is -0.384. The fraction of sp³-hybridized carbons (Fsp3) is 0.529. The SMILES string of the molecule is CC(C)OC(=O)C1(Cc2ccc([N+](=O)[O-])cc2)CCC(C)C1=O. The van der Waals surface area contributed by atoms with Crippen LogP contribution in [0.25, 0.3) is 0 Å². The average molecular weight is 319 g/mol.